The summed E-state index contributed by atoms with van der Waals surface area (Å²) in [6, 6.07) is 26.5. The molecule has 0 fully saturated rings. The van der Waals surface area contributed by atoms with Crippen LogP contribution in [0, 0.1) is 0 Å². The second-order valence-electron chi connectivity index (χ2n) is 9.37. The van der Waals surface area contributed by atoms with E-state index in [0.29, 0.717) is 19.4 Å². The number of nitrogens with one attached hydrogen (secondary N) is 1. The average Bonchev–Trinajstić information content (AvgIpc) is 2.92. The van der Waals surface area contributed by atoms with E-state index in [9.17, 15) is 9.59 Å². The highest BCUT2D eigenvalue weighted by molar-refractivity contribution is 6.16. The normalized spacial score (nSPS) is 11.3. The molecule has 4 nitrogen and oxygen atoms in total. The number of nitrogens with zero attached hydrogens (tertiary/aromatic N) is 1. The molecule has 190 valence electrons. The quantitative estimate of drug-likeness (QED) is 0.171. The standard InChI is InChI=1S/C33H36N2O2/c1-3-5-6-7-22-31(36)34-24-23-27-17-10-16-26-18-12-21-30(33(26)27)35(32(37)13-4-2)29-20-11-15-25-14-8-9-19-28(25)29/h4,8-21H,3,5-7,22-24H2,1-2H3,(H,34,36)/b13-4+. The Hall–Kier alpha value is -3.92. The fourth-order valence-electron chi connectivity index (χ4n) is 4.92. The van der Waals surface area contributed by atoms with Gasteiger partial charge in [-0.15, -0.1) is 0 Å². The van der Waals surface area contributed by atoms with Gasteiger partial charge < -0.3 is 5.32 Å². The number of carbonyl (C=O) groups is 2. The molecule has 0 aromatic heterocycles. The van der Waals surface area contributed by atoms with Gasteiger partial charge in [-0.3, -0.25) is 14.5 Å². The lowest BCUT2D eigenvalue weighted by Crippen LogP contribution is -2.26. The molecule has 4 rings (SSSR count). The monoisotopic (exact) mass is 492 g/mol. The van der Waals surface area contributed by atoms with Crippen LogP contribution in [0.5, 0.6) is 0 Å². The molecule has 4 aromatic carbocycles. The molecule has 4 aromatic rings. The number of benzene rings is 4. The topological polar surface area (TPSA) is 49.4 Å². The number of fused-ring (bicyclic) bond motifs is 2. The van der Waals surface area contributed by atoms with E-state index in [-0.39, 0.29) is 11.8 Å². The van der Waals surface area contributed by atoms with Crippen LogP contribution in [0.3, 0.4) is 0 Å². The Balaban J connectivity index is 1.70. The van der Waals surface area contributed by atoms with E-state index >= 15 is 0 Å². The van der Waals surface area contributed by atoms with Crippen molar-refractivity contribution in [2.75, 3.05) is 11.4 Å². The number of anilines is 2. The molecular formula is C33H36N2O2. The summed E-state index contributed by atoms with van der Waals surface area (Å²) in [5, 5.41) is 7.30. The molecule has 0 unspecified atom stereocenters. The van der Waals surface area contributed by atoms with Gasteiger partial charge in [0.25, 0.3) is 5.91 Å². The number of allylic oxidation sites excluding steroid dienone is 1. The third-order valence-electron chi connectivity index (χ3n) is 6.72. The van der Waals surface area contributed by atoms with Gasteiger partial charge in [-0.2, -0.15) is 0 Å². The summed E-state index contributed by atoms with van der Waals surface area (Å²) in [4.78, 5) is 27.7. The van der Waals surface area contributed by atoms with Crippen molar-refractivity contribution < 1.29 is 9.59 Å². The lowest BCUT2D eigenvalue weighted by Gasteiger charge is -2.26. The summed E-state index contributed by atoms with van der Waals surface area (Å²) in [5.74, 6) is 0.0127. The summed E-state index contributed by atoms with van der Waals surface area (Å²) in [5.41, 5.74) is 2.81. The van der Waals surface area contributed by atoms with Crippen LogP contribution in [0.15, 0.2) is 91.0 Å². The summed E-state index contributed by atoms with van der Waals surface area (Å²) in [6.07, 6.45) is 9.03. The minimum absolute atomic E-state index is 0.0958. The maximum absolute atomic E-state index is 13.6. The third-order valence-corrected chi connectivity index (χ3v) is 6.72. The number of carbonyl (C=O) groups excluding carboxylic acids is 2. The Morgan fingerprint density at radius 2 is 1.51 bits per heavy atom. The van der Waals surface area contributed by atoms with E-state index < -0.39 is 0 Å². The predicted octanol–water partition coefficient (Wildman–Crippen LogP) is 7.86. The van der Waals surface area contributed by atoms with Crippen LogP contribution in [0.2, 0.25) is 0 Å². The van der Waals surface area contributed by atoms with Crippen molar-refractivity contribution >= 4 is 44.7 Å². The van der Waals surface area contributed by atoms with Crippen molar-refractivity contribution in [3.63, 3.8) is 0 Å². The highest BCUT2D eigenvalue weighted by Gasteiger charge is 2.21. The van der Waals surface area contributed by atoms with Crippen LogP contribution in [-0.2, 0) is 16.0 Å². The molecular weight excluding hydrogens is 456 g/mol. The number of hydrogen-bond donors (Lipinski definition) is 1. The molecule has 0 spiro atoms. The zero-order valence-electron chi connectivity index (χ0n) is 21.9. The molecule has 1 N–H and O–H groups in total. The molecule has 0 radical (unpaired) electrons. The molecule has 0 bridgehead atoms. The van der Waals surface area contributed by atoms with Crippen LogP contribution in [-0.4, -0.2) is 18.4 Å². The number of hydrogen-bond acceptors (Lipinski definition) is 2. The van der Waals surface area contributed by atoms with E-state index in [2.05, 4.69) is 48.6 Å². The second-order valence-corrected chi connectivity index (χ2v) is 9.37. The third kappa shape index (κ3) is 6.26. The molecule has 2 amide bonds. The van der Waals surface area contributed by atoms with Crippen molar-refractivity contribution in [3.05, 3.63) is 96.6 Å². The molecule has 4 heteroatoms. The lowest BCUT2D eigenvalue weighted by atomic mass is 9.98. The Morgan fingerprint density at radius 1 is 0.811 bits per heavy atom. The maximum atomic E-state index is 13.6. The maximum Gasteiger partial charge on any atom is 0.255 e. The van der Waals surface area contributed by atoms with Crippen molar-refractivity contribution in [2.24, 2.45) is 0 Å². The highest BCUT2D eigenvalue weighted by atomic mass is 16.2. The van der Waals surface area contributed by atoms with Crippen molar-refractivity contribution in [1.29, 1.82) is 0 Å². The Morgan fingerprint density at radius 3 is 2.30 bits per heavy atom. The molecule has 0 aliphatic heterocycles. The molecule has 37 heavy (non-hydrogen) atoms. The molecule has 0 atom stereocenters. The van der Waals surface area contributed by atoms with Gasteiger partial charge in [0, 0.05) is 23.7 Å². The van der Waals surface area contributed by atoms with Gasteiger partial charge in [0.05, 0.1) is 11.4 Å². The smallest absolute Gasteiger partial charge is 0.255 e. The van der Waals surface area contributed by atoms with E-state index in [1.54, 1.807) is 12.2 Å². The van der Waals surface area contributed by atoms with Crippen LogP contribution in [0.25, 0.3) is 21.5 Å². The van der Waals surface area contributed by atoms with Gasteiger partial charge in [0.2, 0.25) is 5.91 Å². The molecule has 0 aliphatic rings. The highest BCUT2D eigenvalue weighted by Crippen LogP contribution is 2.38. The first-order valence-corrected chi connectivity index (χ1v) is 13.4. The Bertz CT molecular complexity index is 1400. The molecule has 0 saturated heterocycles. The SMILES string of the molecule is C/C=C/C(=O)N(c1cccc2ccccc12)c1cccc2cccc(CCNC(=O)CCCCCC)c12. The first kappa shape index (κ1) is 26.2. The van der Waals surface area contributed by atoms with E-state index in [0.717, 1.165) is 57.7 Å². The lowest BCUT2D eigenvalue weighted by molar-refractivity contribution is -0.121. The van der Waals surface area contributed by atoms with Crippen LogP contribution in [0.4, 0.5) is 11.4 Å². The summed E-state index contributed by atoms with van der Waals surface area (Å²) >= 11 is 0. The van der Waals surface area contributed by atoms with E-state index in [1.165, 1.54) is 6.42 Å². The fourth-order valence-corrected chi connectivity index (χ4v) is 4.92. The number of amides is 2. The van der Waals surface area contributed by atoms with Crippen molar-refractivity contribution in [3.8, 4) is 0 Å². The Labute approximate surface area is 220 Å². The van der Waals surface area contributed by atoms with E-state index in [1.807, 2.05) is 54.3 Å². The number of rotatable bonds is 11. The molecule has 0 heterocycles. The van der Waals surface area contributed by atoms with Crippen LogP contribution >= 0.6 is 0 Å². The van der Waals surface area contributed by atoms with Crippen molar-refractivity contribution in [1.82, 2.24) is 5.32 Å². The predicted molar refractivity (Wildman–Crippen MR) is 155 cm³/mol. The van der Waals surface area contributed by atoms with Crippen molar-refractivity contribution in [2.45, 2.75) is 52.4 Å². The zero-order chi connectivity index (χ0) is 26.0. The van der Waals surface area contributed by atoms with Gasteiger partial charge in [-0.1, -0.05) is 99.0 Å². The first-order chi connectivity index (χ1) is 18.1. The van der Waals surface area contributed by atoms with Gasteiger partial charge in [0.1, 0.15) is 0 Å². The zero-order valence-corrected chi connectivity index (χ0v) is 21.9. The Kier molecular flexibility index (Phi) is 9.09. The largest absolute Gasteiger partial charge is 0.356 e. The van der Waals surface area contributed by atoms with Crippen LogP contribution in [0.1, 0.15) is 51.5 Å². The van der Waals surface area contributed by atoms with Gasteiger partial charge in [0.15, 0.2) is 0 Å². The van der Waals surface area contributed by atoms with Gasteiger partial charge in [-0.25, -0.2) is 0 Å². The molecule has 0 aliphatic carbocycles. The number of unbranched alkanes of at least 4 members (excludes halogenated alkanes) is 3. The second kappa shape index (κ2) is 12.9. The molecule has 0 saturated carbocycles. The summed E-state index contributed by atoms with van der Waals surface area (Å²) in [7, 11) is 0. The first-order valence-electron chi connectivity index (χ1n) is 13.4. The van der Waals surface area contributed by atoms with E-state index in [4.69, 9.17) is 0 Å². The summed E-state index contributed by atoms with van der Waals surface area (Å²) < 4.78 is 0. The van der Waals surface area contributed by atoms with Gasteiger partial charge in [-0.05, 0) is 54.3 Å². The minimum atomic E-state index is -0.0958. The summed E-state index contributed by atoms with van der Waals surface area (Å²) in [6.45, 7) is 4.60. The minimum Gasteiger partial charge on any atom is -0.356 e. The van der Waals surface area contributed by atoms with Gasteiger partial charge >= 0.3 is 0 Å². The average molecular weight is 493 g/mol. The fraction of sp³-hybridized carbons (Fsp3) is 0.273. The van der Waals surface area contributed by atoms with Crippen LogP contribution < -0.4 is 10.2 Å².